The molecular weight excluding hydrogens is 348 g/mol. The summed E-state index contributed by atoms with van der Waals surface area (Å²) >= 11 is 1.81. The largest absolute Gasteiger partial charge is 0.260 e. The zero-order valence-corrected chi connectivity index (χ0v) is 17.5. The maximum Gasteiger partial charge on any atom is 0.0704 e. The SMILES string of the molecule is CC(C)c1cc2c(cn1)sc1ccc(-c3cc(CC(C)(C)C)ccn3)cc12. The second-order valence-electron chi connectivity index (χ2n) is 8.86. The van der Waals surface area contributed by atoms with Crippen molar-refractivity contribution in [3.05, 3.63) is 60.0 Å². The summed E-state index contributed by atoms with van der Waals surface area (Å²) in [5.41, 5.74) is 5.00. The van der Waals surface area contributed by atoms with Gasteiger partial charge < -0.3 is 0 Å². The number of fused-ring (bicyclic) bond motifs is 3. The second-order valence-corrected chi connectivity index (χ2v) is 9.94. The van der Waals surface area contributed by atoms with Crippen LogP contribution < -0.4 is 0 Å². The minimum absolute atomic E-state index is 0.270. The summed E-state index contributed by atoms with van der Waals surface area (Å²) in [6, 6.07) is 13.3. The van der Waals surface area contributed by atoms with E-state index in [2.05, 4.69) is 81.0 Å². The molecule has 3 heteroatoms. The smallest absolute Gasteiger partial charge is 0.0704 e. The fourth-order valence-corrected chi connectivity index (χ4v) is 4.56. The van der Waals surface area contributed by atoms with Gasteiger partial charge in [-0.2, -0.15) is 0 Å². The zero-order chi connectivity index (χ0) is 19.2. The monoisotopic (exact) mass is 374 g/mol. The van der Waals surface area contributed by atoms with Gasteiger partial charge in [0.1, 0.15) is 0 Å². The average molecular weight is 375 g/mol. The predicted octanol–water partition coefficient (Wildman–Crippen LogP) is 7.22. The minimum Gasteiger partial charge on any atom is -0.260 e. The van der Waals surface area contributed by atoms with Crippen LogP contribution in [0.5, 0.6) is 0 Å². The highest BCUT2D eigenvalue weighted by Gasteiger charge is 2.13. The highest BCUT2D eigenvalue weighted by Crippen LogP contribution is 2.37. The first-order valence-corrected chi connectivity index (χ1v) is 10.4. The molecule has 0 aliphatic carbocycles. The van der Waals surface area contributed by atoms with Crippen LogP contribution >= 0.6 is 11.3 Å². The molecule has 0 atom stereocenters. The Kier molecular flexibility index (Phi) is 4.51. The molecule has 4 rings (SSSR count). The van der Waals surface area contributed by atoms with Gasteiger partial charge >= 0.3 is 0 Å². The number of thiophene rings is 1. The van der Waals surface area contributed by atoms with Gasteiger partial charge in [-0.15, -0.1) is 11.3 Å². The van der Waals surface area contributed by atoms with E-state index in [1.165, 1.54) is 31.3 Å². The molecule has 4 aromatic rings. The maximum atomic E-state index is 4.65. The van der Waals surface area contributed by atoms with Crippen molar-refractivity contribution >= 4 is 31.5 Å². The molecule has 0 aliphatic rings. The minimum atomic E-state index is 0.270. The first-order valence-electron chi connectivity index (χ1n) is 9.58. The first-order chi connectivity index (χ1) is 12.8. The lowest BCUT2D eigenvalue weighted by Gasteiger charge is -2.18. The molecule has 0 radical (unpaired) electrons. The standard InChI is InChI=1S/C24H26N2S/c1-15(2)20-12-19-18-11-17(6-7-22(18)27-23(19)14-26-20)21-10-16(8-9-25-21)13-24(3,4)5/h6-12,14-15H,13H2,1-5H3. The van der Waals surface area contributed by atoms with E-state index in [0.717, 1.165) is 17.8 Å². The third kappa shape index (κ3) is 3.74. The molecule has 2 nitrogen and oxygen atoms in total. The summed E-state index contributed by atoms with van der Waals surface area (Å²) in [7, 11) is 0. The van der Waals surface area contributed by atoms with Crippen LogP contribution in [0.2, 0.25) is 0 Å². The van der Waals surface area contributed by atoms with Crippen molar-refractivity contribution in [1.82, 2.24) is 9.97 Å². The van der Waals surface area contributed by atoms with Crippen molar-refractivity contribution in [3.63, 3.8) is 0 Å². The fraction of sp³-hybridized carbons (Fsp3) is 0.333. The van der Waals surface area contributed by atoms with E-state index in [4.69, 9.17) is 0 Å². The van der Waals surface area contributed by atoms with E-state index < -0.39 is 0 Å². The third-order valence-corrected chi connectivity index (χ3v) is 5.95. The van der Waals surface area contributed by atoms with Gasteiger partial charge in [0.05, 0.1) is 10.4 Å². The Morgan fingerprint density at radius 3 is 2.44 bits per heavy atom. The summed E-state index contributed by atoms with van der Waals surface area (Å²) in [6.07, 6.45) is 5.01. The summed E-state index contributed by atoms with van der Waals surface area (Å²) in [5.74, 6) is 0.434. The van der Waals surface area contributed by atoms with Crippen LogP contribution in [0.3, 0.4) is 0 Å². The van der Waals surface area contributed by atoms with Crippen LogP contribution in [-0.4, -0.2) is 9.97 Å². The molecule has 1 aromatic carbocycles. The van der Waals surface area contributed by atoms with E-state index in [1.807, 2.05) is 23.7 Å². The number of benzene rings is 1. The molecule has 0 spiro atoms. The van der Waals surface area contributed by atoms with Crippen molar-refractivity contribution < 1.29 is 0 Å². The van der Waals surface area contributed by atoms with Gasteiger partial charge in [-0.05, 0) is 53.6 Å². The number of hydrogen-bond acceptors (Lipinski definition) is 3. The van der Waals surface area contributed by atoms with Gasteiger partial charge in [0.2, 0.25) is 0 Å². The summed E-state index contributed by atoms with van der Waals surface area (Å²) in [4.78, 5) is 9.27. The van der Waals surface area contributed by atoms with Crippen molar-refractivity contribution in [2.45, 2.75) is 47.0 Å². The van der Waals surface area contributed by atoms with Gasteiger partial charge in [-0.25, -0.2) is 0 Å². The molecule has 0 unspecified atom stereocenters. The summed E-state index contributed by atoms with van der Waals surface area (Å²) < 4.78 is 2.56. The van der Waals surface area contributed by atoms with Gasteiger partial charge in [0, 0.05) is 39.1 Å². The lowest BCUT2D eigenvalue weighted by Crippen LogP contribution is -2.09. The predicted molar refractivity (Wildman–Crippen MR) is 118 cm³/mol. The van der Waals surface area contributed by atoms with Crippen molar-refractivity contribution in [2.24, 2.45) is 5.41 Å². The van der Waals surface area contributed by atoms with E-state index in [0.29, 0.717) is 5.92 Å². The quantitative estimate of drug-likeness (QED) is 0.378. The number of nitrogens with zero attached hydrogens (tertiary/aromatic N) is 2. The maximum absolute atomic E-state index is 4.65. The van der Waals surface area contributed by atoms with Crippen molar-refractivity contribution in [3.8, 4) is 11.3 Å². The molecule has 0 bridgehead atoms. The lowest BCUT2D eigenvalue weighted by molar-refractivity contribution is 0.411. The Bertz CT molecular complexity index is 1120. The number of aromatic nitrogens is 2. The molecule has 3 heterocycles. The Morgan fingerprint density at radius 2 is 1.70 bits per heavy atom. The highest BCUT2D eigenvalue weighted by molar-refractivity contribution is 7.25. The van der Waals surface area contributed by atoms with Gasteiger partial charge in [0.15, 0.2) is 0 Å². The fourth-order valence-electron chi connectivity index (χ4n) is 3.53. The Morgan fingerprint density at radius 1 is 0.926 bits per heavy atom. The Balaban J connectivity index is 1.82. The van der Waals surface area contributed by atoms with Crippen LogP contribution in [0.1, 0.15) is 51.8 Å². The summed E-state index contributed by atoms with van der Waals surface area (Å²) in [6.45, 7) is 11.2. The van der Waals surface area contributed by atoms with Gasteiger partial charge in [-0.1, -0.05) is 40.7 Å². The lowest BCUT2D eigenvalue weighted by atomic mass is 9.88. The molecule has 0 saturated heterocycles. The second kappa shape index (κ2) is 6.72. The Labute approximate surface area is 165 Å². The molecule has 0 saturated carbocycles. The van der Waals surface area contributed by atoms with Crippen LogP contribution in [0.4, 0.5) is 0 Å². The zero-order valence-electron chi connectivity index (χ0n) is 16.7. The van der Waals surface area contributed by atoms with Crippen LogP contribution in [-0.2, 0) is 6.42 Å². The van der Waals surface area contributed by atoms with E-state index in [-0.39, 0.29) is 5.41 Å². The highest BCUT2D eigenvalue weighted by atomic mass is 32.1. The van der Waals surface area contributed by atoms with E-state index in [1.54, 1.807) is 0 Å². The molecule has 138 valence electrons. The van der Waals surface area contributed by atoms with Gasteiger partial charge in [0.25, 0.3) is 0 Å². The molecule has 0 fully saturated rings. The van der Waals surface area contributed by atoms with Gasteiger partial charge in [-0.3, -0.25) is 9.97 Å². The van der Waals surface area contributed by atoms with Crippen molar-refractivity contribution in [1.29, 1.82) is 0 Å². The molecule has 27 heavy (non-hydrogen) atoms. The number of rotatable bonds is 3. The molecule has 3 aromatic heterocycles. The molecule has 0 N–H and O–H groups in total. The Hall–Kier alpha value is -2.26. The molecule has 0 aliphatic heterocycles. The topological polar surface area (TPSA) is 25.8 Å². The average Bonchev–Trinajstić information content (AvgIpc) is 2.97. The van der Waals surface area contributed by atoms with Crippen LogP contribution in [0, 0.1) is 5.41 Å². The van der Waals surface area contributed by atoms with Crippen LogP contribution in [0.25, 0.3) is 31.4 Å². The summed E-state index contributed by atoms with van der Waals surface area (Å²) in [5, 5.41) is 2.61. The van der Waals surface area contributed by atoms with Crippen molar-refractivity contribution in [2.75, 3.05) is 0 Å². The third-order valence-electron chi connectivity index (χ3n) is 4.82. The number of pyridine rings is 2. The van der Waals surface area contributed by atoms with E-state index >= 15 is 0 Å². The normalized spacial score (nSPS) is 12.4. The van der Waals surface area contributed by atoms with Crippen LogP contribution in [0.15, 0.2) is 48.8 Å². The first kappa shape index (κ1) is 18.1. The molecule has 0 amide bonds. The number of hydrogen-bond donors (Lipinski definition) is 0. The van der Waals surface area contributed by atoms with E-state index in [9.17, 15) is 0 Å². The molecular formula is C24H26N2S.